The van der Waals surface area contributed by atoms with Gasteiger partial charge >= 0.3 is 7.60 Å². The molecule has 0 radical (unpaired) electrons. The molecule has 2 heterocycles. The highest BCUT2D eigenvalue weighted by atomic mass is 31.2. The summed E-state index contributed by atoms with van der Waals surface area (Å²) >= 11 is 0. The first kappa shape index (κ1) is 20.9. The Bertz CT molecular complexity index is 1120. The molecule has 3 rings (SSSR count). The van der Waals surface area contributed by atoms with Crippen molar-refractivity contribution in [2.75, 3.05) is 25.8 Å². The maximum absolute atomic E-state index is 13.6. The minimum Gasteiger partial charge on any atom is -0.494 e. The Morgan fingerprint density at radius 2 is 2.21 bits per heavy atom. The van der Waals surface area contributed by atoms with E-state index in [1.165, 1.54) is 30.1 Å². The molecule has 0 spiro atoms. The summed E-state index contributed by atoms with van der Waals surface area (Å²) in [7, 11) is -2.72. The average molecular weight is 427 g/mol. The number of hydrogen-bond donors (Lipinski definition) is 3. The van der Waals surface area contributed by atoms with Crippen LogP contribution >= 0.6 is 7.60 Å². The zero-order valence-electron chi connectivity index (χ0n) is 15.4. The molecule has 156 valence electrons. The lowest BCUT2D eigenvalue weighted by atomic mass is 10.2. The standard InChI is InChI=1S/C16H19FN5O6P/c1-26-12-3-2-10(6-11(12)17)7-28-29(24,25)9-27-5-4-22-8-19-13-14(22)20-16(18)21-15(13)23/h2-3,6,8H,4-5,7,9H2,1H3,(H,24,25)(H3,18,20,21,23). The number of nitrogens with two attached hydrogens (primary N) is 1. The summed E-state index contributed by atoms with van der Waals surface area (Å²) in [5.41, 5.74) is 5.83. The first-order valence-corrected chi connectivity index (χ1v) is 10.1. The van der Waals surface area contributed by atoms with Crippen molar-refractivity contribution in [3.8, 4) is 5.75 Å². The summed E-state index contributed by atoms with van der Waals surface area (Å²) in [5, 5.41) is 0. The summed E-state index contributed by atoms with van der Waals surface area (Å²) in [6, 6.07) is 4.08. The number of nitrogens with zero attached hydrogens (tertiary/aromatic N) is 3. The molecule has 0 saturated heterocycles. The normalized spacial score (nSPS) is 13.5. The minimum atomic E-state index is -4.05. The van der Waals surface area contributed by atoms with Crippen LogP contribution in [0.1, 0.15) is 5.56 Å². The van der Waals surface area contributed by atoms with E-state index in [9.17, 15) is 18.6 Å². The molecular weight excluding hydrogens is 408 g/mol. The summed E-state index contributed by atoms with van der Waals surface area (Å²) < 4.78 is 42.2. The van der Waals surface area contributed by atoms with Crippen molar-refractivity contribution in [3.05, 3.63) is 46.3 Å². The topological polar surface area (TPSA) is 155 Å². The number of halogens is 1. The molecule has 1 aromatic carbocycles. The van der Waals surface area contributed by atoms with Crippen LogP contribution < -0.4 is 16.0 Å². The number of methoxy groups -OCH3 is 1. The molecule has 29 heavy (non-hydrogen) atoms. The third-order valence-electron chi connectivity index (χ3n) is 3.87. The lowest BCUT2D eigenvalue weighted by Gasteiger charge is -2.13. The van der Waals surface area contributed by atoms with Gasteiger partial charge in [0.05, 0.1) is 26.7 Å². The predicted molar refractivity (Wildman–Crippen MR) is 101 cm³/mol. The highest BCUT2D eigenvalue weighted by Gasteiger charge is 2.20. The number of H-pyrrole nitrogens is 1. The molecule has 1 atom stereocenters. The fourth-order valence-corrected chi connectivity index (χ4v) is 3.27. The zero-order chi connectivity index (χ0) is 21.0. The fourth-order valence-electron chi connectivity index (χ4n) is 2.49. The molecule has 4 N–H and O–H groups in total. The van der Waals surface area contributed by atoms with Crippen LogP contribution in [-0.4, -0.2) is 44.5 Å². The number of nitrogens with one attached hydrogen (secondary N) is 1. The number of imidazole rings is 1. The van der Waals surface area contributed by atoms with Crippen molar-refractivity contribution in [2.45, 2.75) is 13.2 Å². The molecule has 0 saturated carbocycles. The van der Waals surface area contributed by atoms with Gasteiger partial charge in [-0.1, -0.05) is 6.07 Å². The van der Waals surface area contributed by atoms with Crippen LogP contribution in [0.4, 0.5) is 10.3 Å². The van der Waals surface area contributed by atoms with E-state index in [0.29, 0.717) is 5.56 Å². The number of nitrogen functional groups attached to an aromatic ring is 1. The molecule has 0 fully saturated rings. The summed E-state index contributed by atoms with van der Waals surface area (Å²) in [6.45, 7) is -0.0167. The van der Waals surface area contributed by atoms with Crippen molar-refractivity contribution in [3.63, 3.8) is 0 Å². The maximum Gasteiger partial charge on any atom is 0.353 e. The molecule has 13 heteroatoms. The molecule has 0 aliphatic rings. The monoisotopic (exact) mass is 427 g/mol. The molecular formula is C16H19FN5O6P. The second-order valence-electron chi connectivity index (χ2n) is 5.98. The van der Waals surface area contributed by atoms with E-state index in [1.54, 1.807) is 0 Å². The summed E-state index contributed by atoms with van der Waals surface area (Å²) in [4.78, 5) is 31.9. The number of rotatable bonds is 9. The number of ether oxygens (including phenoxy) is 2. The van der Waals surface area contributed by atoms with Gasteiger partial charge < -0.3 is 29.2 Å². The Labute approximate surface area is 163 Å². The first-order chi connectivity index (χ1) is 13.8. The number of fused-ring (bicyclic) bond motifs is 1. The van der Waals surface area contributed by atoms with Gasteiger partial charge in [0.25, 0.3) is 5.56 Å². The predicted octanol–water partition coefficient (Wildman–Crippen LogP) is 1.23. The van der Waals surface area contributed by atoms with Gasteiger partial charge in [0.15, 0.2) is 22.7 Å². The van der Waals surface area contributed by atoms with Gasteiger partial charge in [0, 0.05) is 6.54 Å². The van der Waals surface area contributed by atoms with Crippen molar-refractivity contribution in [2.24, 2.45) is 0 Å². The molecule has 0 aliphatic carbocycles. The van der Waals surface area contributed by atoms with Gasteiger partial charge in [-0.25, -0.2) is 9.37 Å². The Morgan fingerprint density at radius 1 is 1.41 bits per heavy atom. The molecule has 11 nitrogen and oxygen atoms in total. The Kier molecular flexibility index (Phi) is 6.28. The number of anilines is 1. The minimum absolute atomic E-state index is 0.0327. The van der Waals surface area contributed by atoms with Crippen LogP contribution in [0.5, 0.6) is 5.75 Å². The van der Waals surface area contributed by atoms with E-state index in [-0.39, 0.29) is 42.6 Å². The molecule has 2 aromatic heterocycles. The fraction of sp³-hybridized carbons (Fsp3) is 0.312. The molecule has 0 amide bonds. The van der Waals surface area contributed by atoms with Gasteiger partial charge in [-0.05, 0) is 17.7 Å². The van der Waals surface area contributed by atoms with Crippen molar-refractivity contribution in [1.82, 2.24) is 19.5 Å². The van der Waals surface area contributed by atoms with E-state index in [4.69, 9.17) is 19.7 Å². The van der Waals surface area contributed by atoms with Crippen molar-refractivity contribution < 1.29 is 27.8 Å². The lowest BCUT2D eigenvalue weighted by Crippen LogP contribution is -2.13. The Hall–Kier alpha value is -2.79. The van der Waals surface area contributed by atoms with Crippen molar-refractivity contribution in [1.29, 1.82) is 0 Å². The molecule has 3 aromatic rings. The van der Waals surface area contributed by atoms with E-state index in [0.717, 1.165) is 6.07 Å². The number of benzene rings is 1. The highest BCUT2D eigenvalue weighted by Crippen LogP contribution is 2.42. The first-order valence-electron chi connectivity index (χ1n) is 8.36. The van der Waals surface area contributed by atoms with Crippen LogP contribution in [0.2, 0.25) is 0 Å². The zero-order valence-corrected chi connectivity index (χ0v) is 16.3. The van der Waals surface area contributed by atoms with Crippen molar-refractivity contribution >= 4 is 24.7 Å². The van der Waals surface area contributed by atoms with Gasteiger partial charge in [-0.15, -0.1) is 0 Å². The van der Waals surface area contributed by atoms with Crippen LogP contribution in [0, 0.1) is 5.82 Å². The largest absolute Gasteiger partial charge is 0.494 e. The van der Waals surface area contributed by atoms with Gasteiger partial charge in [0.1, 0.15) is 6.35 Å². The van der Waals surface area contributed by atoms with Crippen LogP contribution in [0.15, 0.2) is 29.3 Å². The van der Waals surface area contributed by atoms with Gasteiger partial charge in [-0.3, -0.25) is 14.3 Å². The molecule has 1 unspecified atom stereocenters. The van der Waals surface area contributed by atoms with E-state index in [1.807, 2.05) is 0 Å². The number of aromatic amines is 1. The van der Waals surface area contributed by atoms with Crippen LogP contribution in [0.25, 0.3) is 11.2 Å². The second kappa shape index (κ2) is 8.70. The summed E-state index contributed by atoms with van der Waals surface area (Å²) in [5.74, 6) is -0.582. The third-order valence-corrected chi connectivity index (χ3v) is 4.91. The summed E-state index contributed by atoms with van der Waals surface area (Å²) in [6.07, 6.45) is 0.831. The van der Waals surface area contributed by atoms with Crippen LogP contribution in [-0.2, 0) is 27.0 Å². The van der Waals surface area contributed by atoms with Crippen LogP contribution in [0.3, 0.4) is 0 Å². The quantitative estimate of drug-likeness (QED) is 0.338. The van der Waals surface area contributed by atoms with E-state index in [2.05, 4.69) is 15.0 Å². The smallest absolute Gasteiger partial charge is 0.353 e. The average Bonchev–Trinajstić information content (AvgIpc) is 3.07. The van der Waals surface area contributed by atoms with Gasteiger partial charge in [-0.2, -0.15) is 4.98 Å². The highest BCUT2D eigenvalue weighted by molar-refractivity contribution is 7.52. The Morgan fingerprint density at radius 3 is 2.93 bits per heavy atom. The Balaban J connectivity index is 1.50. The lowest BCUT2D eigenvalue weighted by molar-refractivity contribution is 0.136. The maximum atomic E-state index is 13.6. The van der Waals surface area contributed by atoms with E-state index < -0.39 is 25.3 Å². The second-order valence-corrected chi connectivity index (χ2v) is 7.77. The SMILES string of the molecule is COc1ccc(COP(=O)(O)COCCn2cnc3c(=O)[nH]c(N)nc32)cc1F. The molecule has 0 bridgehead atoms. The molecule has 0 aliphatic heterocycles. The third kappa shape index (κ3) is 5.18. The van der Waals surface area contributed by atoms with E-state index >= 15 is 0 Å². The van der Waals surface area contributed by atoms with Gasteiger partial charge in [0.2, 0.25) is 5.95 Å². The number of aromatic nitrogens is 4. The number of hydrogen-bond acceptors (Lipinski definition) is 8.